The van der Waals surface area contributed by atoms with Crippen molar-refractivity contribution in [2.75, 3.05) is 11.9 Å². The fraction of sp³-hybridized carbons (Fsp3) is 0.571. The monoisotopic (exact) mass is 284 g/mol. The highest BCUT2D eigenvalue weighted by molar-refractivity contribution is 9.09. The van der Waals surface area contributed by atoms with Crippen LogP contribution in [0.3, 0.4) is 0 Å². The molecule has 16 heavy (non-hydrogen) atoms. The molecule has 1 aromatic carbocycles. The minimum atomic E-state index is 0.337. The van der Waals surface area contributed by atoms with Crippen LogP contribution in [0.5, 0.6) is 5.75 Å². The number of benzene rings is 1. The molecule has 0 amide bonds. The molecule has 1 aromatic rings. The maximum absolute atomic E-state index is 5.71. The summed E-state index contributed by atoms with van der Waals surface area (Å²) in [7, 11) is 0. The molecule has 0 aliphatic carbocycles. The second kappa shape index (κ2) is 6.29. The third-order valence-electron chi connectivity index (χ3n) is 2.89. The van der Waals surface area contributed by atoms with Crippen molar-refractivity contribution >= 4 is 15.9 Å². The first-order chi connectivity index (χ1) is 7.54. The minimum absolute atomic E-state index is 0.337. The second-order valence-electron chi connectivity index (χ2n) is 5.17. The molecular weight excluding hydrogens is 264 g/mol. The number of ether oxygens (including phenoxy) is 1. The van der Waals surface area contributed by atoms with Crippen molar-refractivity contribution in [1.29, 1.82) is 0 Å². The van der Waals surface area contributed by atoms with Gasteiger partial charge in [-0.15, -0.1) is 0 Å². The van der Waals surface area contributed by atoms with Crippen LogP contribution in [0.2, 0.25) is 0 Å². The summed E-state index contributed by atoms with van der Waals surface area (Å²) in [5, 5.41) is 1.04. The van der Waals surface area contributed by atoms with E-state index in [9.17, 15) is 0 Å². The van der Waals surface area contributed by atoms with E-state index in [1.54, 1.807) is 0 Å². The van der Waals surface area contributed by atoms with E-state index >= 15 is 0 Å². The Morgan fingerprint density at radius 3 is 2.31 bits per heavy atom. The molecule has 1 nitrogen and oxygen atoms in total. The molecule has 0 radical (unpaired) electrons. The third kappa shape index (κ3) is 4.56. The van der Waals surface area contributed by atoms with Crippen molar-refractivity contribution in [2.45, 2.75) is 27.2 Å². The van der Waals surface area contributed by atoms with Crippen LogP contribution in [-0.4, -0.2) is 11.9 Å². The first kappa shape index (κ1) is 13.6. The standard InChI is InChI=1S/C14H21BrO/c1-14(2,3)12(11-15)9-10-16-13-7-5-4-6-8-13/h4-8,12H,9-11H2,1-3H3. The molecule has 90 valence electrons. The van der Waals surface area contributed by atoms with Crippen molar-refractivity contribution in [3.8, 4) is 5.75 Å². The topological polar surface area (TPSA) is 9.23 Å². The molecule has 1 unspecified atom stereocenters. The zero-order valence-electron chi connectivity index (χ0n) is 10.4. The Labute approximate surface area is 107 Å². The SMILES string of the molecule is CC(C)(C)C(CBr)CCOc1ccccc1. The van der Waals surface area contributed by atoms with Gasteiger partial charge in [-0.2, -0.15) is 0 Å². The molecule has 0 N–H and O–H groups in total. The van der Waals surface area contributed by atoms with Gasteiger partial charge >= 0.3 is 0 Å². The summed E-state index contributed by atoms with van der Waals surface area (Å²) in [5.74, 6) is 1.61. The van der Waals surface area contributed by atoms with E-state index in [2.05, 4.69) is 36.7 Å². The minimum Gasteiger partial charge on any atom is -0.494 e. The zero-order chi connectivity index (χ0) is 12.0. The molecule has 0 aromatic heterocycles. The maximum Gasteiger partial charge on any atom is 0.119 e. The van der Waals surface area contributed by atoms with E-state index in [1.165, 1.54) is 0 Å². The molecule has 2 heteroatoms. The number of hydrogen-bond donors (Lipinski definition) is 0. The first-order valence-corrected chi connectivity index (χ1v) is 6.90. The molecule has 0 saturated heterocycles. The van der Waals surface area contributed by atoms with Crippen LogP contribution >= 0.6 is 15.9 Å². The number of hydrogen-bond acceptors (Lipinski definition) is 1. The summed E-state index contributed by atoms with van der Waals surface area (Å²) in [6.07, 6.45) is 1.09. The average Bonchev–Trinajstić information content (AvgIpc) is 2.24. The zero-order valence-corrected chi connectivity index (χ0v) is 12.0. The van der Waals surface area contributed by atoms with Gasteiger partial charge in [0.25, 0.3) is 0 Å². The van der Waals surface area contributed by atoms with Gasteiger partial charge in [-0.05, 0) is 29.9 Å². The summed E-state index contributed by atoms with van der Waals surface area (Å²) in [4.78, 5) is 0. The maximum atomic E-state index is 5.71. The summed E-state index contributed by atoms with van der Waals surface area (Å²) in [6, 6.07) is 10.0. The van der Waals surface area contributed by atoms with Gasteiger partial charge in [0.15, 0.2) is 0 Å². The van der Waals surface area contributed by atoms with Crippen molar-refractivity contribution in [3.05, 3.63) is 30.3 Å². The van der Waals surface area contributed by atoms with Crippen LogP contribution in [0.25, 0.3) is 0 Å². The number of para-hydroxylation sites is 1. The van der Waals surface area contributed by atoms with Gasteiger partial charge in [0.2, 0.25) is 0 Å². The Morgan fingerprint density at radius 1 is 1.19 bits per heavy atom. The summed E-state index contributed by atoms with van der Waals surface area (Å²) in [5.41, 5.74) is 0.337. The van der Waals surface area contributed by atoms with Gasteiger partial charge in [0.05, 0.1) is 6.61 Å². The van der Waals surface area contributed by atoms with Crippen LogP contribution in [0, 0.1) is 11.3 Å². The van der Waals surface area contributed by atoms with Crippen molar-refractivity contribution in [3.63, 3.8) is 0 Å². The molecule has 0 aliphatic heterocycles. The Hall–Kier alpha value is -0.500. The van der Waals surface area contributed by atoms with E-state index in [0.29, 0.717) is 11.3 Å². The third-order valence-corrected chi connectivity index (χ3v) is 3.67. The lowest BCUT2D eigenvalue weighted by Crippen LogP contribution is -2.23. The Kier molecular flexibility index (Phi) is 5.33. The predicted molar refractivity (Wildman–Crippen MR) is 73.3 cm³/mol. The largest absolute Gasteiger partial charge is 0.494 e. The van der Waals surface area contributed by atoms with Crippen LogP contribution in [0.15, 0.2) is 30.3 Å². The predicted octanol–water partition coefficient (Wildman–Crippen LogP) is 4.51. The Bertz CT molecular complexity index is 289. The molecule has 1 rings (SSSR count). The van der Waals surface area contributed by atoms with E-state index < -0.39 is 0 Å². The quantitative estimate of drug-likeness (QED) is 0.723. The highest BCUT2D eigenvalue weighted by Crippen LogP contribution is 2.30. The van der Waals surface area contributed by atoms with Crippen molar-refractivity contribution in [2.24, 2.45) is 11.3 Å². The van der Waals surface area contributed by atoms with Crippen LogP contribution in [0.1, 0.15) is 27.2 Å². The van der Waals surface area contributed by atoms with Crippen LogP contribution in [-0.2, 0) is 0 Å². The molecule has 0 spiro atoms. The first-order valence-electron chi connectivity index (χ1n) is 5.78. The van der Waals surface area contributed by atoms with Crippen molar-refractivity contribution in [1.82, 2.24) is 0 Å². The summed E-state index contributed by atoms with van der Waals surface area (Å²) in [6.45, 7) is 7.63. The van der Waals surface area contributed by atoms with E-state index in [1.807, 2.05) is 30.3 Å². The Balaban J connectivity index is 2.35. The van der Waals surface area contributed by atoms with Gasteiger partial charge in [-0.1, -0.05) is 54.9 Å². The van der Waals surface area contributed by atoms with Gasteiger partial charge < -0.3 is 4.74 Å². The molecule has 0 aliphatic rings. The average molecular weight is 285 g/mol. The number of alkyl halides is 1. The van der Waals surface area contributed by atoms with Gasteiger partial charge in [-0.3, -0.25) is 0 Å². The lowest BCUT2D eigenvalue weighted by molar-refractivity contribution is 0.203. The fourth-order valence-corrected chi connectivity index (χ4v) is 2.87. The molecule has 0 saturated carbocycles. The molecule has 0 heterocycles. The summed E-state index contributed by atoms with van der Waals surface area (Å²) >= 11 is 3.58. The number of halogens is 1. The van der Waals surface area contributed by atoms with Gasteiger partial charge in [-0.25, -0.2) is 0 Å². The van der Waals surface area contributed by atoms with Crippen molar-refractivity contribution < 1.29 is 4.74 Å². The molecule has 1 atom stereocenters. The normalized spacial score (nSPS) is 13.5. The van der Waals surface area contributed by atoms with E-state index in [4.69, 9.17) is 4.74 Å². The van der Waals surface area contributed by atoms with Crippen LogP contribution in [0.4, 0.5) is 0 Å². The lowest BCUT2D eigenvalue weighted by Gasteiger charge is -2.29. The highest BCUT2D eigenvalue weighted by Gasteiger charge is 2.23. The lowest BCUT2D eigenvalue weighted by atomic mass is 9.80. The van der Waals surface area contributed by atoms with Crippen LogP contribution < -0.4 is 4.74 Å². The summed E-state index contributed by atoms with van der Waals surface area (Å²) < 4.78 is 5.71. The smallest absolute Gasteiger partial charge is 0.119 e. The Morgan fingerprint density at radius 2 is 1.81 bits per heavy atom. The highest BCUT2D eigenvalue weighted by atomic mass is 79.9. The van der Waals surface area contributed by atoms with E-state index in [0.717, 1.165) is 24.1 Å². The molecule has 0 bridgehead atoms. The molecule has 0 fully saturated rings. The molecular formula is C14H21BrO. The number of rotatable bonds is 5. The van der Waals surface area contributed by atoms with E-state index in [-0.39, 0.29) is 0 Å². The van der Waals surface area contributed by atoms with Gasteiger partial charge in [0, 0.05) is 5.33 Å². The van der Waals surface area contributed by atoms with Gasteiger partial charge in [0.1, 0.15) is 5.75 Å². The fourth-order valence-electron chi connectivity index (χ4n) is 1.58. The second-order valence-corrected chi connectivity index (χ2v) is 5.81.